The first-order valence-corrected chi connectivity index (χ1v) is 6.28. The summed E-state index contributed by atoms with van der Waals surface area (Å²) in [7, 11) is 0. The van der Waals surface area contributed by atoms with Gasteiger partial charge in [0.2, 0.25) is 0 Å². The first kappa shape index (κ1) is 11.9. The minimum Gasteiger partial charge on any atom is -0.487 e. The molecule has 0 unspecified atom stereocenters. The van der Waals surface area contributed by atoms with E-state index in [-0.39, 0.29) is 0 Å². The highest BCUT2D eigenvalue weighted by molar-refractivity contribution is 6.30. The van der Waals surface area contributed by atoms with Crippen molar-refractivity contribution in [2.45, 2.75) is 6.61 Å². The van der Waals surface area contributed by atoms with Crippen molar-refractivity contribution in [2.24, 2.45) is 0 Å². The van der Waals surface area contributed by atoms with Crippen LogP contribution in [0.15, 0.2) is 54.7 Å². The van der Waals surface area contributed by atoms with Gasteiger partial charge >= 0.3 is 0 Å². The van der Waals surface area contributed by atoms with Gasteiger partial charge in [0.25, 0.3) is 0 Å². The summed E-state index contributed by atoms with van der Waals surface area (Å²) in [6.45, 7) is 0.455. The number of fused-ring (bicyclic) bond motifs is 1. The van der Waals surface area contributed by atoms with Gasteiger partial charge in [0.15, 0.2) is 0 Å². The van der Waals surface area contributed by atoms with E-state index in [1.54, 1.807) is 6.20 Å². The fourth-order valence-electron chi connectivity index (χ4n) is 1.89. The Balaban J connectivity index is 1.86. The number of nitrogens with zero attached hydrogens (tertiary/aromatic N) is 2. The van der Waals surface area contributed by atoms with E-state index in [0.29, 0.717) is 11.6 Å². The van der Waals surface area contributed by atoms with Crippen LogP contribution in [0.3, 0.4) is 0 Å². The molecule has 0 spiro atoms. The Kier molecular flexibility index (Phi) is 3.29. The normalized spacial score (nSPS) is 10.6. The highest BCUT2D eigenvalue weighted by Crippen LogP contribution is 2.23. The molecule has 0 atom stereocenters. The average molecular weight is 271 g/mol. The summed E-state index contributed by atoms with van der Waals surface area (Å²) in [6.07, 6.45) is 1.63. The average Bonchev–Trinajstić information content (AvgIpc) is 2.45. The number of ether oxygens (including phenoxy) is 1. The zero-order valence-corrected chi connectivity index (χ0v) is 10.8. The Labute approximate surface area is 115 Å². The summed E-state index contributed by atoms with van der Waals surface area (Å²) in [5.74, 6) is 0.727. The van der Waals surface area contributed by atoms with Crippen LogP contribution in [-0.4, -0.2) is 10.2 Å². The second kappa shape index (κ2) is 5.24. The molecule has 2 aromatic carbocycles. The second-order valence-corrected chi connectivity index (χ2v) is 4.58. The molecule has 4 heteroatoms. The standard InChI is InChI=1S/C15H11ClN2O/c16-12-5-3-4-11(8-12)10-19-15-9-17-18-14-7-2-1-6-13(14)15/h1-9H,10H2. The SMILES string of the molecule is Clc1cccc(COc2cnnc3ccccc23)c1. The first-order chi connectivity index (χ1) is 9.33. The van der Waals surface area contributed by atoms with Crippen molar-refractivity contribution < 1.29 is 4.74 Å². The third-order valence-corrected chi connectivity index (χ3v) is 3.03. The Bertz CT molecular complexity index is 710. The van der Waals surface area contributed by atoms with Crippen LogP contribution in [0.1, 0.15) is 5.56 Å². The number of hydrogen-bond acceptors (Lipinski definition) is 3. The largest absolute Gasteiger partial charge is 0.487 e. The maximum absolute atomic E-state index is 5.94. The van der Waals surface area contributed by atoms with Crippen LogP contribution in [0.2, 0.25) is 5.02 Å². The van der Waals surface area contributed by atoms with Gasteiger partial charge in [-0.3, -0.25) is 0 Å². The van der Waals surface area contributed by atoms with Crippen molar-refractivity contribution in [3.63, 3.8) is 0 Å². The zero-order valence-electron chi connectivity index (χ0n) is 10.1. The van der Waals surface area contributed by atoms with Gasteiger partial charge in [0.1, 0.15) is 12.4 Å². The van der Waals surface area contributed by atoms with E-state index >= 15 is 0 Å². The molecule has 3 nitrogen and oxygen atoms in total. The van der Waals surface area contributed by atoms with Crippen LogP contribution >= 0.6 is 11.6 Å². The molecule has 0 aliphatic rings. The van der Waals surface area contributed by atoms with E-state index in [9.17, 15) is 0 Å². The van der Waals surface area contributed by atoms with Crippen LogP contribution in [0.4, 0.5) is 0 Å². The number of benzene rings is 2. The molecule has 1 heterocycles. The summed E-state index contributed by atoms with van der Waals surface area (Å²) in [5, 5.41) is 9.67. The van der Waals surface area contributed by atoms with Gasteiger partial charge in [0, 0.05) is 10.4 Å². The van der Waals surface area contributed by atoms with Crippen molar-refractivity contribution in [2.75, 3.05) is 0 Å². The molecular weight excluding hydrogens is 260 g/mol. The van der Waals surface area contributed by atoms with Crippen molar-refractivity contribution in [1.82, 2.24) is 10.2 Å². The molecule has 94 valence electrons. The van der Waals surface area contributed by atoms with E-state index in [1.165, 1.54) is 0 Å². The summed E-state index contributed by atoms with van der Waals surface area (Å²) < 4.78 is 5.80. The predicted octanol–water partition coefficient (Wildman–Crippen LogP) is 3.86. The Morgan fingerprint density at radius 1 is 1.05 bits per heavy atom. The number of halogens is 1. The van der Waals surface area contributed by atoms with E-state index in [2.05, 4.69) is 10.2 Å². The smallest absolute Gasteiger partial charge is 0.149 e. The van der Waals surface area contributed by atoms with Gasteiger partial charge in [-0.1, -0.05) is 35.9 Å². The van der Waals surface area contributed by atoms with Gasteiger partial charge in [-0.25, -0.2) is 0 Å². The monoisotopic (exact) mass is 270 g/mol. The molecule has 0 saturated carbocycles. The quantitative estimate of drug-likeness (QED) is 0.725. The van der Waals surface area contributed by atoms with Crippen molar-refractivity contribution in [3.05, 3.63) is 65.3 Å². The summed E-state index contributed by atoms with van der Waals surface area (Å²) in [5.41, 5.74) is 1.85. The maximum atomic E-state index is 5.94. The zero-order chi connectivity index (χ0) is 13.1. The molecular formula is C15H11ClN2O. The Morgan fingerprint density at radius 3 is 2.84 bits per heavy atom. The number of rotatable bonds is 3. The second-order valence-electron chi connectivity index (χ2n) is 4.14. The van der Waals surface area contributed by atoms with E-state index in [0.717, 1.165) is 22.2 Å². The summed E-state index contributed by atoms with van der Waals surface area (Å²) >= 11 is 5.94. The van der Waals surface area contributed by atoms with Crippen LogP contribution < -0.4 is 4.74 Å². The lowest BCUT2D eigenvalue weighted by molar-refractivity contribution is 0.308. The van der Waals surface area contributed by atoms with Gasteiger partial charge in [-0.05, 0) is 29.8 Å². The summed E-state index contributed by atoms with van der Waals surface area (Å²) in [6, 6.07) is 15.4. The van der Waals surface area contributed by atoms with Gasteiger partial charge in [-0.15, -0.1) is 0 Å². The van der Waals surface area contributed by atoms with Crippen molar-refractivity contribution in [1.29, 1.82) is 0 Å². The molecule has 0 N–H and O–H groups in total. The predicted molar refractivity (Wildman–Crippen MR) is 75.3 cm³/mol. The molecule has 0 bridgehead atoms. The Hall–Kier alpha value is -2.13. The first-order valence-electron chi connectivity index (χ1n) is 5.90. The van der Waals surface area contributed by atoms with E-state index < -0.39 is 0 Å². The fourth-order valence-corrected chi connectivity index (χ4v) is 2.10. The molecule has 19 heavy (non-hydrogen) atoms. The molecule has 0 saturated heterocycles. The lowest BCUT2D eigenvalue weighted by atomic mass is 10.2. The topological polar surface area (TPSA) is 35.0 Å². The molecule has 0 fully saturated rings. The minimum absolute atomic E-state index is 0.455. The molecule has 3 aromatic rings. The molecule has 0 aliphatic carbocycles. The lowest BCUT2D eigenvalue weighted by Crippen LogP contribution is -1.97. The van der Waals surface area contributed by atoms with Crippen LogP contribution in [0.5, 0.6) is 5.75 Å². The molecule has 0 amide bonds. The van der Waals surface area contributed by atoms with Crippen LogP contribution in [0.25, 0.3) is 10.9 Å². The molecule has 0 aliphatic heterocycles. The third-order valence-electron chi connectivity index (χ3n) is 2.79. The summed E-state index contributed by atoms with van der Waals surface area (Å²) in [4.78, 5) is 0. The van der Waals surface area contributed by atoms with Crippen LogP contribution in [0, 0.1) is 0 Å². The van der Waals surface area contributed by atoms with Gasteiger partial charge in [0.05, 0.1) is 11.7 Å². The Morgan fingerprint density at radius 2 is 1.95 bits per heavy atom. The molecule has 0 radical (unpaired) electrons. The van der Waals surface area contributed by atoms with Gasteiger partial charge < -0.3 is 4.74 Å². The van der Waals surface area contributed by atoms with Crippen molar-refractivity contribution >= 4 is 22.5 Å². The van der Waals surface area contributed by atoms with E-state index in [4.69, 9.17) is 16.3 Å². The highest BCUT2D eigenvalue weighted by atomic mass is 35.5. The van der Waals surface area contributed by atoms with Crippen molar-refractivity contribution in [3.8, 4) is 5.75 Å². The minimum atomic E-state index is 0.455. The number of hydrogen-bond donors (Lipinski definition) is 0. The lowest BCUT2D eigenvalue weighted by Gasteiger charge is -2.08. The van der Waals surface area contributed by atoms with E-state index in [1.807, 2.05) is 48.5 Å². The maximum Gasteiger partial charge on any atom is 0.149 e. The number of aromatic nitrogens is 2. The third kappa shape index (κ3) is 2.66. The molecule has 1 aromatic heterocycles. The van der Waals surface area contributed by atoms with Gasteiger partial charge in [-0.2, -0.15) is 10.2 Å². The fraction of sp³-hybridized carbons (Fsp3) is 0.0667. The molecule has 3 rings (SSSR count). The van der Waals surface area contributed by atoms with Crippen LogP contribution in [-0.2, 0) is 6.61 Å². The highest BCUT2D eigenvalue weighted by Gasteiger charge is 2.03.